The number of fused-ring (bicyclic) bond motifs is 2. The van der Waals surface area contributed by atoms with E-state index in [0.717, 1.165) is 5.56 Å². The van der Waals surface area contributed by atoms with Gasteiger partial charge in [0.15, 0.2) is 11.5 Å². The van der Waals surface area contributed by atoms with Crippen LogP contribution in [0, 0.1) is 0 Å². The Morgan fingerprint density at radius 3 is 2.69 bits per heavy atom. The number of phenolic OH excluding ortho intramolecular Hbond substituents is 1. The second kappa shape index (κ2) is 6.83. The molecule has 29 heavy (non-hydrogen) atoms. The van der Waals surface area contributed by atoms with Crippen LogP contribution < -0.4 is 15.0 Å². The minimum atomic E-state index is -0.202. The van der Waals surface area contributed by atoms with Crippen molar-refractivity contribution in [2.24, 2.45) is 0 Å². The van der Waals surface area contributed by atoms with Crippen LogP contribution in [-0.2, 0) is 0 Å². The molecule has 0 radical (unpaired) electrons. The van der Waals surface area contributed by atoms with Gasteiger partial charge in [-0.15, -0.1) is 0 Å². The van der Waals surface area contributed by atoms with Crippen molar-refractivity contribution in [3.05, 3.63) is 88.5 Å². The predicted octanol–water partition coefficient (Wildman–Crippen LogP) is 3.99. The van der Waals surface area contributed by atoms with Gasteiger partial charge in [-0.1, -0.05) is 30.3 Å². The Morgan fingerprint density at radius 2 is 1.79 bits per heavy atom. The van der Waals surface area contributed by atoms with E-state index in [-0.39, 0.29) is 18.1 Å². The number of aromatic hydroxyl groups is 1. The van der Waals surface area contributed by atoms with Crippen molar-refractivity contribution in [3.63, 3.8) is 0 Å². The van der Waals surface area contributed by atoms with Crippen LogP contribution in [0.2, 0.25) is 0 Å². The van der Waals surface area contributed by atoms with Crippen molar-refractivity contribution in [2.75, 3.05) is 6.79 Å². The van der Waals surface area contributed by atoms with E-state index in [4.69, 9.17) is 9.47 Å². The first-order chi connectivity index (χ1) is 14.2. The largest absolute Gasteiger partial charge is 0.508 e. The van der Waals surface area contributed by atoms with Crippen molar-refractivity contribution < 1.29 is 14.6 Å². The molecule has 1 aliphatic heterocycles. The Morgan fingerprint density at radius 1 is 0.931 bits per heavy atom. The van der Waals surface area contributed by atoms with Gasteiger partial charge in [0.05, 0.1) is 16.6 Å². The number of phenols is 1. The quantitative estimate of drug-likeness (QED) is 0.578. The van der Waals surface area contributed by atoms with E-state index in [1.807, 2.05) is 30.3 Å². The molecule has 0 aliphatic carbocycles. The fourth-order valence-electron chi connectivity index (χ4n) is 3.33. The zero-order valence-electron chi connectivity index (χ0n) is 15.3. The summed E-state index contributed by atoms with van der Waals surface area (Å²) in [5, 5.41) is 10.4. The molecule has 1 aromatic heterocycles. The highest BCUT2D eigenvalue weighted by molar-refractivity contribution is 5.80. The maximum Gasteiger partial charge on any atom is 0.266 e. The van der Waals surface area contributed by atoms with E-state index in [0.29, 0.717) is 33.9 Å². The molecule has 6 nitrogen and oxygen atoms in total. The molecule has 5 rings (SSSR count). The highest BCUT2D eigenvalue weighted by atomic mass is 16.7. The van der Waals surface area contributed by atoms with Gasteiger partial charge in [-0.05, 0) is 48.0 Å². The molecule has 3 aromatic carbocycles. The number of hydrogen-bond donors (Lipinski definition) is 1. The molecule has 0 atom stereocenters. The topological polar surface area (TPSA) is 73.6 Å². The number of benzene rings is 3. The summed E-state index contributed by atoms with van der Waals surface area (Å²) in [6.07, 6.45) is 3.63. The molecule has 1 N–H and O–H groups in total. The number of ether oxygens (including phenoxy) is 2. The van der Waals surface area contributed by atoms with Gasteiger partial charge in [0.25, 0.3) is 5.56 Å². The van der Waals surface area contributed by atoms with Gasteiger partial charge in [0.1, 0.15) is 11.6 Å². The normalized spacial score (nSPS) is 12.7. The summed E-state index contributed by atoms with van der Waals surface area (Å²) >= 11 is 0. The van der Waals surface area contributed by atoms with E-state index in [1.54, 1.807) is 42.5 Å². The predicted molar refractivity (Wildman–Crippen MR) is 110 cm³/mol. The molecule has 142 valence electrons. The lowest BCUT2D eigenvalue weighted by Gasteiger charge is -2.11. The van der Waals surface area contributed by atoms with Crippen LogP contribution in [0.3, 0.4) is 0 Å². The average molecular weight is 384 g/mol. The van der Waals surface area contributed by atoms with Gasteiger partial charge in [-0.3, -0.25) is 9.36 Å². The minimum absolute atomic E-state index is 0.0771. The lowest BCUT2D eigenvalue weighted by Crippen LogP contribution is -2.22. The Balaban J connectivity index is 1.68. The highest BCUT2D eigenvalue weighted by Crippen LogP contribution is 2.33. The lowest BCUT2D eigenvalue weighted by molar-refractivity contribution is 0.174. The van der Waals surface area contributed by atoms with Crippen molar-refractivity contribution in [1.29, 1.82) is 0 Å². The molecule has 0 bridgehead atoms. The monoisotopic (exact) mass is 384 g/mol. The van der Waals surface area contributed by atoms with Crippen molar-refractivity contribution in [3.8, 4) is 22.9 Å². The molecule has 6 heteroatoms. The fraction of sp³-hybridized carbons (Fsp3) is 0.0435. The zero-order valence-corrected chi connectivity index (χ0v) is 15.3. The number of aromatic nitrogens is 2. The Kier molecular flexibility index (Phi) is 4.02. The summed E-state index contributed by atoms with van der Waals surface area (Å²) in [7, 11) is 0. The summed E-state index contributed by atoms with van der Waals surface area (Å²) in [6, 6.07) is 19.4. The SMILES string of the molecule is O=c1c2ccccc2nc(/C=C/c2ccc3c(c2)OCO3)n1-c1cccc(O)c1. The third kappa shape index (κ3) is 3.10. The molecule has 2 heterocycles. The first-order valence-corrected chi connectivity index (χ1v) is 9.08. The number of para-hydroxylation sites is 1. The van der Waals surface area contributed by atoms with Gasteiger partial charge >= 0.3 is 0 Å². The van der Waals surface area contributed by atoms with Crippen LogP contribution >= 0.6 is 0 Å². The second-order valence-corrected chi connectivity index (χ2v) is 6.59. The summed E-state index contributed by atoms with van der Waals surface area (Å²) in [5.74, 6) is 1.93. The number of nitrogens with zero attached hydrogens (tertiary/aromatic N) is 2. The van der Waals surface area contributed by atoms with Crippen LogP contribution in [0.15, 0.2) is 71.5 Å². The zero-order chi connectivity index (χ0) is 19.8. The molecule has 0 spiro atoms. The molecule has 4 aromatic rings. The summed E-state index contributed by atoms with van der Waals surface area (Å²) in [4.78, 5) is 17.9. The lowest BCUT2D eigenvalue weighted by atomic mass is 10.1. The van der Waals surface area contributed by atoms with E-state index >= 15 is 0 Å². The molecular formula is C23H16N2O4. The molecule has 0 amide bonds. The van der Waals surface area contributed by atoms with Gasteiger partial charge < -0.3 is 14.6 Å². The minimum Gasteiger partial charge on any atom is -0.508 e. The van der Waals surface area contributed by atoms with Crippen LogP contribution in [-0.4, -0.2) is 21.5 Å². The van der Waals surface area contributed by atoms with Crippen molar-refractivity contribution in [2.45, 2.75) is 0 Å². The van der Waals surface area contributed by atoms with Crippen molar-refractivity contribution >= 4 is 23.1 Å². The molecule has 0 saturated carbocycles. The van der Waals surface area contributed by atoms with E-state index in [1.165, 1.54) is 10.6 Å². The van der Waals surface area contributed by atoms with E-state index in [9.17, 15) is 9.90 Å². The highest BCUT2D eigenvalue weighted by Gasteiger charge is 2.13. The maximum atomic E-state index is 13.2. The van der Waals surface area contributed by atoms with Crippen LogP contribution in [0.4, 0.5) is 0 Å². The smallest absolute Gasteiger partial charge is 0.266 e. The van der Waals surface area contributed by atoms with Gasteiger partial charge in [0.2, 0.25) is 6.79 Å². The second-order valence-electron chi connectivity index (χ2n) is 6.59. The van der Waals surface area contributed by atoms with Crippen LogP contribution in [0.5, 0.6) is 17.2 Å². The standard InChI is InChI=1S/C23H16N2O4/c26-17-5-3-4-16(13-17)25-22(24-19-7-2-1-6-18(19)23(25)27)11-9-15-8-10-20-21(12-15)29-14-28-20/h1-13,26H,14H2/b11-9+. The molecule has 0 saturated heterocycles. The molecule has 1 aliphatic rings. The molecular weight excluding hydrogens is 368 g/mol. The Hall–Kier alpha value is -4.06. The summed E-state index contributed by atoms with van der Waals surface area (Å²) in [6.45, 7) is 0.214. The van der Waals surface area contributed by atoms with E-state index < -0.39 is 0 Å². The van der Waals surface area contributed by atoms with Crippen LogP contribution in [0.25, 0.3) is 28.7 Å². The molecule has 0 fully saturated rings. The van der Waals surface area contributed by atoms with Gasteiger partial charge in [-0.2, -0.15) is 0 Å². The van der Waals surface area contributed by atoms with Gasteiger partial charge in [0, 0.05) is 6.07 Å². The number of rotatable bonds is 3. The first-order valence-electron chi connectivity index (χ1n) is 9.08. The Bertz CT molecular complexity index is 1320. The van der Waals surface area contributed by atoms with Crippen LogP contribution in [0.1, 0.15) is 11.4 Å². The first kappa shape index (κ1) is 17.1. The summed E-state index contributed by atoms with van der Waals surface area (Å²) in [5.41, 5.74) is 1.84. The number of hydrogen-bond acceptors (Lipinski definition) is 5. The third-order valence-electron chi connectivity index (χ3n) is 4.71. The van der Waals surface area contributed by atoms with E-state index in [2.05, 4.69) is 4.98 Å². The maximum absolute atomic E-state index is 13.2. The average Bonchev–Trinajstić information content (AvgIpc) is 3.20. The Labute approximate surface area is 165 Å². The fourth-order valence-corrected chi connectivity index (χ4v) is 3.33. The summed E-state index contributed by atoms with van der Waals surface area (Å²) < 4.78 is 12.3. The van der Waals surface area contributed by atoms with Gasteiger partial charge in [-0.25, -0.2) is 4.98 Å². The molecule has 0 unspecified atom stereocenters. The third-order valence-corrected chi connectivity index (χ3v) is 4.71. The van der Waals surface area contributed by atoms with Crippen molar-refractivity contribution in [1.82, 2.24) is 9.55 Å².